The van der Waals surface area contributed by atoms with E-state index in [1.807, 2.05) is 0 Å². The van der Waals surface area contributed by atoms with Crippen molar-refractivity contribution in [2.24, 2.45) is 4.99 Å². The number of ether oxygens (including phenoxy) is 3. The number of nitrogens with zero attached hydrogens (tertiary/aromatic N) is 2. The molecule has 0 saturated carbocycles. The van der Waals surface area contributed by atoms with Crippen LogP contribution in [0.1, 0.15) is 27.6 Å². The SMILES string of the molecule is CCOC(=O)c1ccc2c(c1)sc(=NC(=O)c1cccc(NS(=O)(=O)c3ccc(OC)cc3)c1)n2CC(=O)OC. The Morgan fingerprint density at radius 3 is 2.40 bits per heavy atom. The van der Waals surface area contributed by atoms with Crippen molar-refractivity contribution < 1.29 is 37.0 Å². The van der Waals surface area contributed by atoms with E-state index in [9.17, 15) is 22.8 Å². The molecular weight excluding hydrogens is 558 g/mol. The van der Waals surface area contributed by atoms with Crippen LogP contribution in [0.15, 0.2) is 76.6 Å². The molecule has 1 aromatic heterocycles. The third kappa shape index (κ3) is 6.38. The van der Waals surface area contributed by atoms with Crippen LogP contribution in [0.5, 0.6) is 5.75 Å². The van der Waals surface area contributed by atoms with Crippen molar-refractivity contribution in [3.8, 4) is 5.75 Å². The van der Waals surface area contributed by atoms with Crippen LogP contribution in [-0.2, 0) is 30.8 Å². The monoisotopic (exact) mass is 583 g/mol. The lowest BCUT2D eigenvalue weighted by atomic mass is 10.2. The average molecular weight is 584 g/mol. The minimum atomic E-state index is -3.93. The van der Waals surface area contributed by atoms with Gasteiger partial charge in [0.25, 0.3) is 15.9 Å². The minimum absolute atomic E-state index is 0.0195. The van der Waals surface area contributed by atoms with Crippen molar-refractivity contribution in [3.05, 3.63) is 82.7 Å². The fourth-order valence-corrected chi connectivity index (χ4v) is 5.80. The van der Waals surface area contributed by atoms with Gasteiger partial charge in [0.1, 0.15) is 12.3 Å². The number of methoxy groups -OCH3 is 2. The van der Waals surface area contributed by atoms with Gasteiger partial charge in [-0.15, -0.1) is 0 Å². The first-order valence-corrected chi connectivity index (χ1v) is 14.2. The zero-order chi connectivity index (χ0) is 28.9. The molecule has 0 spiro atoms. The van der Waals surface area contributed by atoms with Gasteiger partial charge in [0.2, 0.25) is 0 Å². The molecule has 0 fully saturated rings. The Morgan fingerprint density at radius 1 is 0.975 bits per heavy atom. The molecule has 0 bridgehead atoms. The van der Waals surface area contributed by atoms with E-state index in [2.05, 4.69) is 9.71 Å². The van der Waals surface area contributed by atoms with Crippen molar-refractivity contribution in [2.75, 3.05) is 25.5 Å². The Labute approximate surface area is 233 Å². The molecule has 0 aliphatic carbocycles. The number of amides is 1. The highest BCUT2D eigenvalue weighted by molar-refractivity contribution is 7.92. The number of aromatic nitrogens is 1. The molecule has 3 aromatic carbocycles. The molecule has 1 heterocycles. The summed E-state index contributed by atoms with van der Waals surface area (Å²) >= 11 is 1.10. The van der Waals surface area contributed by atoms with Crippen LogP contribution >= 0.6 is 11.3 Å². The van der Waals surface area contributed by atoms with Crippen molar-refractivity contribution in [1.29, 1.82) is 0 Å². The summed E-state index contributed by atoms with van der Waals surface area (Å²) in [5, 5.41) is 0. The molecule has 0 radical (unpaired) electrons. The fourth-order valence-electron chi connectivity index (χ4n) is 3.68. The lowest BCUT2D eigenvalue weighted by molar-refractivity contribution is -0.141. The minimum Gasteiger partial charge on any atom is -0.497 e. The summed E-state index contributed by atoms with van der Waals surface area (Å²) in [5.74, 6) is -1.21. The van der Waals surface area contributed by atoms with Gasteiger partial charge < -0.3 is 18.8 Å². The number of carbonyl (C=O) groups is 3. The molecule has 4 rings (SSSR count). The van der Waals surface area contributed by atoms with E-state index >= 15 is 0 Å². The van der Waals surface area contributed by atoms with Gasteiger partial charge in [0, 0.05) is 11.3 Å². The maximum atomic E-state index is 13.2. The topological polar surface area (TPSA) is 142 Å². The molecule has 1 N–H and O–H groups in total. The summed E-state index contributed by atoms with van der Waals surface area (Å²) in [5.41, 5.74) is 1.16. The fraction of sp³-hybridized carbons (Fsp3) is 0.185. The Hall–Kier alpha value is -4.49. The number of hydrogen-bond donors (Lipinski definition) is 1. The standard InChI is InChI=1S/C27H25N3O8S2/c1-4-38-26(33)18-8-13-22-23(15-18)39-27(30(22)16-24(31)37-3)28-25(32)17-6-5-7-19(14-17)29-40(34,35)21-11-9-20(36-2)10-12-21/h5-15,29H,4,16H2,1-3H3. The average Bonchev–Trinajstić information content (AvgIpc) is 3.28. The number of sulfonamides is 1. The first-order chi connectivity index (χ1) is 19.1. The number of benzene rings is 3. The zero-order valence-electron chi connectivity index (χ0n) is 21.7. The summed E-state index contributed by atoms with van der Waals surface area (Å²) in [4.78, 5) is 41.9. The quantitative estimate of drug-likeness (QED) is 0.295. The van der Waals surface area contributed by atoms with E-state index in [1.54, 1.807) is 25.1 Å². The highest BCUT2D eigenvalue weighted by atomic mass is 32.2. The predicted molar refractivity (Wildman–Crippen MR) is 148 cm³/mol. The predicted octanol–water partition coefficient (Wildman–Crippen LogP) is 3.60. The van der Waals surface area contributed by atoms with Crippen LogP contribution in [0.2, 0.25) is 0 Å². The van der Waals surface area contributed by atoms with Crippen molar-refractivity contribution in [3.63, 3.8) is 0 Å². The molecule has 4 aromatic rings. The molecule has 0 atom stereocenters. The van der Waals surface area contributed by atoms with E-state index in [0.717, 1.165) is 11.3 Å². The maximum absolute atomic E-state index is 13.2. The Balaban J connectivity index is 1.68. The highest BCUT2D eigenvalue weighted by Gasteiger charge is 2.17. The van der Waals surface area contributed by atoms with Crippen LogP contribution < -0.4 is 14.3 Å². The highest BCUT2D eigenvalue weighted by Crippen LogP contribution is 2.22. The van der Waals surface area contributed by atoms with E-state index in [-0.39, 0.29) is 34.1 Å². The first-order valence-electron chi connectivity index (χ1n) is 11.9. The maximum Gasteiger partial charge on any atom is 0.338 e. The second-order valence-corrected chi connectivity index (χ2v) is 10.9. The smallest absolute Gasteiger partial charge is 0.338 e. The number of nitrogens with one attached hydrogen (secondary N) is 1. The molecule has 40 heavy (non-hydrogen) atoms. The molecule has 0 saturated heterocycles. The van der Waals surface area contributed by atoms with Gasteiger partial charge in [-0.25, -0.2) is 13.2 Å². The van der Waals surface area contributed by atoms with E-state index < -0.39 is 27.9 Å². The molecule has 208 valence electrons. The van der Waals surface area contributed by atoms with Gasteiger partial charge in [-0.05, 0) is 67.6 Å². The number of thiazole rings is 1. The van der Waals surface area contributed by atoms with Gasteiger partial charge in [-0.1, -0.05) is 17.4 Å². The van der Waals surface area contributed by atoms with Gasteiger partial charge in [-0.2, -0.15) is 4.99 Å². The number of esters is 2. The zero-order valence-corrected chi connectivity index (χ0v) is 23.4. The van der Waals surface area contributed by atoms with Crippen LogP contribution in [0.25, 0.3) is 10.2 Å². The van der Waals surface area contributed by atoms with Crippen molar-refractivity contribution in [1.82, 2.24) is 4.57 Å². The summed E-state index contributed by atoms with van der Waals surface area (Å²) < 4.78 is 45.1. The van der Waals surface area contributed by atoms with Crippen LogP contribution in [0.4, 0.5) is 5.69 Å². The molecule has 13 heteroatoms. The lowest BCUT2D eigenvalue weighted by Gasteiger charge is -2.09. The molecule has 1 amide bonds. The summed E-state index contributed by atoms with van der Waals surface area (Å²) in [6.07, 6.45) is 0. The van der Waals surface area contributed by atoms with Crippen molar-refractivity contribution >= 4 is 55.1 Å². The Kier molecular flexibility index (Phi) is 8.65. The second kappa shape index (κ2) is 12.1. The molecule has 11 nitrogen and oxygen atoms in total. The number of carbonyl (C=O) groups excluding carboxylic acids is 3. The number of hydrogen-bond acceptors (Lipinski definition) is 9. The molecule has 0 aliphatic rings. The third-order valence-corrected chi connectivity index (χ3v) is 8.08. The summed E-state index contributed by atoms with van der Waals surface area (Å²) in [6, 6.07) is 16.5. The van der Waals surface area contributed by atoms with Crippen LogP contribution in [-0.4, -0.2) is 51.7 Å². The number of fused-ring (bicyclic) bond motifs is 1. The van der Waals surface area contributed by atoms with E-state index in [1.165, 1.54) is 67.3 Å². The van der Waals surface area contributed by atoms with Gasteiger partial charge in [-0.3, -0.25) is 14.3 Å². The summed E-state index contributed by atoms with van der Waals surface area (Å²) in [7, 11) is -1.21. The normalized spacial score (nSPS) is 11.7. The number of anilines is 1. The largest absolute Gasteiger partial charge is 0.497 e. The Bertz CT molecular complexity index is 1760. The van der Waals surface area contributed by atoms with Gasteiger partial charge in [0.15, 0.2) is 4.80 Å². The third-order valence-electron chi connectivity index (χ3n) is 5.64. The second-order valence-electron chi connectivity index (χ2n) is 8.23. The van der Waals surface area contributed by atoms with Crippen molar-refractivity contribution in [2.45, 2.75) is 18.4 Å². The lowest BCUT2D eigenvalue weighted by Crippen LogP contribution is -2.22. The Morgan fingerprint density at radius 2 is 1.73 bits per heavy atom. The summed E-state index contributed by atoms with van der Waals surface area (Å²) in [6.45, 7) is 1.70. The van der Waals surface area contributed by atoms with Gasteiger partial charge >= 0.3 is 11.9 Å². The first kappa shape index (κ1) is 28.5. The van der Waals surface area contributed by atoms with E-state index in [0.29, 0.717) is 21.5 Å². The number of rotatable bonds is 9. The molecule has 0 aliphatic heterocycles. The van der Waals surface area contributed by atoms with Crippen LogP contribution in [0, 0.1) is 0 Å². The molecule has 0 unspecified atom stereocenters. The van der Waals surface area contributed by atoms with E-state index in [4.69, 9.17) is 14.2 Å². The van der Waals surface area contributed by atoms with Gasteiger partial charge in [0.05, 0.1) is 41.5 Å². The van der Waals surface area contributed by atoms with Crippen LogP contribution in [0.3, 0.4) is 0 Å². The molecular formula is C27H25N3O8S2.